The Morgan fingerprint density at radius 3 is 2.42 bits per heavy atom. The second kappa shape index (κ2) is 4.00. The largest absolute Gasteiger partial charge is 0.378 e. The van der Waals surface area contributed by atoms with Gasteiger partial charge in [-0.1, -0.05) is 18.2 Å². The topological polar surface area (TPSA) is 51.8 Å². The molecule has 19 heavy (non-hydrogen) atoms. The lowest BCUT2D eigenvalue weighted by Crippen LogP contribution is -2.25. The van der Waals surface area contributed by atoms with Gasteiger partial charge in [0, 0.05) is 17.1 Å². The van der Waals surface area contributed by atoms with Gasteiger partial charge < -0.3 is 15.1 Å². The van der Waals surface area contributed by atoms with E-state index in [0.29, 0.717) is 0 Å². The van der Waals surface area contributed by atoms with E-state index in [0.717, 1.165) is 33.4 Å². The van der Waals surface area contributed by atoms with Crippen molar-refractivity contribution in [2.45, 2.75) is 26.4 Å². The molecule has 0 radical (unpaired) electrons. The SMILES string of the molecule is Cc1cc[nH]c1C(C)(O)c1[nH]c2ccccc2c1C. The van der Waals surface area contributed by atoms with E-state index < -0.39 is 5.60 Å². The third kappa shape index (κ3) is 1.70. The fourth-order valence-electron chi connectivity index (χ4n) is 2.87. The molecule has 1 atom stereocenters. The van der Waals surface area contributed by atoms with Crippen molar-refractivity contribution in [2.75, 3.05) is 0 Å². The molecule has 0 bridgehead atoms. The Labute approximate surface area is 112 Å². The molecule has 2 aromatic heterocycles. The minimum absolute atomic E-state index is 0.835. The molecule has 0 aliphatic heterocycles. The van der Waals surface area contributed by atoms with E-state index in [1.54, 1.807) is 0 Å². The lowest BCUT2D eigenvalue weighted by molar-refractivity contribution is 0.0927. The van der Waals surface area contributed by atoms with Gasteiger partial charge in [-0.15, -0.1) is 0 Å². The monoisotopic (exact) mass is 254 g/mol. The molecule has 3 nitrogen and oxygen atoms in total. The van der Waals surface area contributed by atoms with E-state index in [1.807, 2.05) is 51.2 Å². The second-order valence-corrected chi connectivity index (χ2v) is 5.28. The summed E-state index contributed by atoms with van der Waals surface area (Å²) in [5, 5.41) is 12.1. The molecule has 0 fully saturated rings. The number of fused-ring (bicyclic) bond motifs is 1. The highest BCUT2D eigenvalue weighted by molar-refractivity contribution is 5.84. The van der Waals surface area contributed by atoms with Gasteiger partial charge in [-0.2, -0.15) is 0 Å². The minimum atomic E-state index is -1.04. The van der Waals surface area contributed by atoms with E-state index >= 15 is 0 Å². The maximum atomic E-state index is 10.9. The Bertz CT molecular complexity index is 734. The fourth-order valence-corrected chi connectivity index (χ4v) is 2.87. The number of hydrogen-bond donors (Lipinski definition) is 3. The molecule has 3 aromatic rings. The van der Waals surface area contributed by atoms with Crippen LogP contribution in [0.5, 0.6) is 0 Å². The summed E-state index contributed by atoms with van der Waals surface area (Å²) in [6.45, 7) is 5.86. The predicted molar refractivity (Wildman–Crippen MR) is 77.2 cm³/mol. The molecule has 0 amide bonds. The molecule has 1 aromatic carbocycles. The van der Waals surface area contributed by atoms with Crippen molar-refractivity contribution >= 4 is 10.9 Å². The van der Waals surface area contributed by atoms with Crippen LogP contribution in [0, 0.1) is 13.8 Å². The molecule has 98 valence electrons. The van der Waals surface area contributed by atoms with E-state index in [-0.39, 0.29) is 0 Å². The summed E-state index contributed by atoms with van der Waals surface area (Å²) in [6, 6.07) is 10.1. The third-order valence-electron chi connectivity index (χ3n) is 3.89. The van der Waals surface area contributed by atoms with Gasteiger partial charge in [-0.3, -0.25) is 0 Å². The first-order chi connectivity index (χ1) is 9.01. The van der Waals surface area contributed by atoms with Crippen molar-refractivity contribution in [2.24, 2.45) is 0 Å². The number of benzene rings is 1. The summed E-state index contributed by atoms with van der Waals surface area (Å²) in [7, 11) is 0. The molecular formula is C16H18N2O. The minimum Gasteiger partial charge on any atom is -0.378 e. The standard InChI is InChI=1S/C16H18N2O/c1-10-8-9-17-14(10)16(3,19)15-11(2)12-6-4-5-7-13(12)18-15/h4-9,17-19H,1-3H3. The second-order valence-electron chi connectivity index (χ2n) is 5.28. The highest BCUT2D eigenvalue weighted by Gasteiger charge is 2.32. The van der Waals surface area contributed by atoms with Crippen LogP contribution < -0.4 is 0 Å². The van der Waals surface area contributed by atoms with Crippen molar-refractivity contribution in [3.8, 4) is 0 Å². The first kappa shape index (κ1) is 12.1. The summed E-state index contributed by atoms with van der Waals surface area (Å²) in [6.07, 6.45) is 1.86. The van der Waals surface area contributed by atoms with Crippen LogP contribution >= 0.6 is 0 Å². The number of H-pyrrole nitrogens is 2. The van der Waals surface area contributed by atoms with Crippen molar-refractivity contribution in [3.05, 3.63) is 59.0 Å². The molecule has 0 aliphatic rings. The number of rotatable bonds is 2. The molecule has 1 unspecified atom stereocenters. The van der Waals surface area contributed by atoms with Crippen LogP contribution in [0.3, 0.4) is 0 Å². The Kier molecular flexibility index (Phi) is 2.54. The van der Waals surface area contributed by atoms with Gasteiger partial charge in [-0.25, -0.2) is 0 Å². The lowest BCUT2D eigenvalue weighted by atomic mass is 9.92. The number of aromatic amines is 2. The van der Waals surface area contributed by atoms with Crippen molar-refractivity contribution in [1.82, 2.24) is 9.97 Å². The molecule has 0 aliphatic carbocycles. The molecule has 3 rings (SSSR count). The normalized spacial score (nSPS) is 14.7. The quantitative estimate of drug-likeness (QED) is 0.645. The number of aromatic nitrogens is 2. The van der Waals surface area contributed by atoms with Crippen LogP contribution in [-0.4, -0.2) is 15.1 Å². The van der Waals surface area contributed by atoms with E-state index in [2.05, 4.69) is 16.0 Å². The van der Waals surface area contributed by atoms with E-state index in [9.17, 15) is 5.11 Å². The summed E-state index contributed by atoms with van der Waals surface area (Å²) < 4.78 is 0. The highest BCUT2D eigenvalue weighted by Crippen LogP contribution is 2.34. The Balaban J connectivity index is 2.24. The molecular weight excluding hydrogens is 236 g/mol. The Hall–Kier alpha value is -2.00. The fraction of sp³-hybridized carbons (Fsp3) is 0.250. The number of aryl methyl sites for hydroxylation is 2. The summed E-state index contributed by atoms with van der Waals surface area (Å²) in [5.41, 5.74) is 3.84. The Morgan fingerprint density at radius 1 is 1.05 bits per heavy atom. The van der Waals surface area contributed by atoms with Gasteiger partial charge in [-0.05, 0) is 44.0 Å². The average Bonchev–Trinajstić information content (AvgIpc) is 2.95. The predicted octanol–water partition coefficient (Wildman–Crippen LogP) is 3.37. The van der Waals surface area contributed by atoms with Crippen LogP contribution in [0.25, 0.3) is 10.9 Å². The molecule has 3 heteroatoms. The van der Waals surface area contributed by atoms with Crippen LogP contribution in [0.15, 0.2) is 36.5 Å². The van der Waals surface area contributed by atoms with Crippen LogP contribution in [-0.2, 0) is 5.60 Å². The number of hydrogen-bond acceptors (Lipinski definition) is 1. The highest BCUT2D eigenvalue weighted by atomic mass is 16.3. The summed E-state index contributed by atoms with van der Waals surface area (Å²) in [5.74, 6) is 0. The van der Waals surface area contributed by atoms with Gasteiger partial charge in [0.25, 0.3) is 0 Å². The maximum absolute atomic E-state index is 10.9. The number of aliphatic hydroxyl groups is 1. The van der Waals surface area contributed by atoms with Gasteiger partial charge in [0.2, 0.25) is 0 Å². The zero-order valence-electron chi connectivity index (χ0n) is 11.4. The van der Waals surface area contributed by atoms with Gasteiger partial charge in [0.1, 0.15) is 5.60 Å². The van der Waals surface area contributed by atoms with Gasteiger partial charge in [0.15, 0.2) is 0 Å². The number of nitrogens with one attached hydrogen (secondary N) is 2. The first-order valence-corrected chi connectivity index (χ1v) is 6.46. The molecule has 3 N–H and O–H groups in total. The average molecular weight is 254 g/mol. The molecule has 2 heterocycles. The summed E-state index contributed by atoms with van der Waals surface area (Å²) >= 11 is 0. The zero-order chi connectivity index (χ0) is 13.6. The molecule has 0 spiro atoms. The van der Waals surface area contributed by atoms with E-state index in [1.165, 1.54) is 0 Å². The van der Waals surface area contributed by atoms with Crippen LogP contribution in [0.1, 0.15) is 29.4 Å². The number of para-hydroxylation sites is 1. The van der Waals surface area contributed by atoms with Crippen molar-refractivity contribution in [1.29, 1.82) is 0 Å². The molecule has 0 saturated carbocycles. The van der Waals surface area contributed by atoms with Gasteiger partial charge >= 0.3 is 0 Å². The third-order valence-corrected chi connectivity index (χ3v) is 3.89. The van der Waals surface area contributed by atoms with Crippen molar-refractivity contribution in [3.63, 3.8) is 0 Å². The molecule has 0 saturated heterocycles. The van der Waals surface area contributed by atoms with Crippen molar-refractivity contribution < 1.29 is 5.11 Å². The summed E-state index contributed by atoms with van der Waals surface area (Å²) in [4.78, 5) is 6.50. The van der Waals surface area contributed by atoms with Crippen LogP contribution in [0.4, 0.5) is 0 Å². The lowest BCUT2D eigenvalue weighted by Gasteiger charge is -2.23. The maximum Gasteiger partial charge on any atom is 0.141 e. The van der Waals surface area contributed by atoms with Crippen LogP contribution in [0.2, 0.25) is 0 Å². The van der Waals surface area contributed by atoms with E-state index in [4.69, 9.17) is 0 Å². The first-order valence-electron chi connectivity index (χ1n) is 6.46. The smallest absolute Gasteiger partial charge is 0.141 e. The Morgan fingerprint density at radius 2 is 1.79 bits per heavy atom. The van der Waals surface area contributed by atoms with Gasteiger partial charge in [0.05, 0.1) is 11.4 Å². The zero-order valence-corrected chi connectivity index (χ0v) is 11.4.